The molecular weight excluding hydrogens is 384 g/mol. The zero-order chi connectivity index (χ0) is 23.1. The Morgan fingerprint density at radius 3 is 2.10 bits per heavy atom. The van der Waals surface area contributed by atoms with Gasteiger partial charge in [0.25, 0.3) is 0 Å². The monoisotopic (exact) mass is 420 g/mol. The second kappa shape index (κ2) is 11.1. The Balaban J connectivity index is 2.76. The molecule has 7 nitrogen and oxygen atoms in total. The summed E-state index contributed by atoms with van der Waals surface area (Å²) >= 11 is 0. The van der Waals surface area contributed by atoms with Crippen LogP contribution in [0, 0.1) is 5.41 Å². The lowest BCUT2D eigenvalue weighted by Crippen LogP contribution is -2.44. The van der Waals surface area contributed by atoms with E-state index in [1.807, 2.05) is 32.0 Å². The summed E-state index contributed by atoms with van der Waals surface area (Å²) in [5.74, 6) is -0.728. The van der Waals surface area contributed by atoms with Gasteiger partial charge in [-0.1, -0.05) is 59.7 Å². The van der Waals surface area contributed by atoms with Gasteiger partial charge in [-0.05, 0) is 34.8 Å². The molecular formula is C23H36N2O5. The van der Waals surface area contributed by atoms with Gasteiger partial charge >= 0.3 is 11.9 Å². The molecule has 4 N–H and O–H groups in total. The smallest absolute Gasteiger partial charge is 0.311 e. The molecule has 1 aromatic rings. The zero-order valence-electron chi connectivity index (χ0n) is 19.0. The molecule has 0 heterocycles. The number of carbonyl (C=O) groups is 3. The first kappa shape index (κ1) is 25.6. The van der Waals surface area contributed by atoms with Gasteiger partial charge in [-0.25, -0.2) is 0 Å². The molecule has 0 aliphatic carbocycles. The Bertz CT molecular complexity index is 730. The summed E-state index contributed by atoms with van der Waals surface area (Å²) in [4.78, 5) is 35.4. The van der Waals surface area contributed by atoms with Crippen LogP contribution in [0.1, 0.15) is 83.8 Å². The predicted octanol–water partition coefficient (Wildman–Crippen LogP) is 3.56. The molecule has 1 rings (SSSR count). The van der Waals surface area contributed by atoms with Gasteiger partial charge in [0.15, 0.2) is 0 Å². The minimum Gasteiger partial charge on any atom is -0.481 e. The fourth-order valence-corrected chi connectivity index (χ4v) is 3.07. The van der Waals surface area contributed by atoms with Gasteiger partial charge in [-0.15, -0.1) is 0 Å². The van der Waals surface area contributed by atoms with Crippen molar-refractivity contribution in [2.45, 2.75) is 78.7 Å². The number of amides is 1. The van der Waals surface area contributed by atoms with E-state index in [4.69, 9.17) is 15.6 Å². The van der Waals surface area contributed by atoms with Gasteiger partial charge in [0.2, 0.25) is 5.91 Å². The maximum atomic E-state index is 12.7. The number of ether oxygens (including phenoxy) is 1. The van der Waals surface area contributed by atoms with Gasteiger partial charge < -0.3 is 20.9 Å². The summed E-state index contributed by atoms with van der Waals surface area (Å²) in [6, 6.07) is 5.04. The lowest BCUT2D eigenvalue weighted by molar-refractivity contribution is -0.138. The average Bonchev–Trinajstić information content (AvgIpc) is 2.63. The molecule has 0 saturated heterocycles. The molecule has 0 fully saturated rings. The summed E-state index contributed by atoms with van der Waals surface area (Å²) in [6.07, 6.45) is 0.00691. The number of hydrogen-bond donors (Lipinski definition) is 3. The van der Waals surface area contributed by atoms with Gasteiger partial charge in [-0.2, -0.15) is 0 Å². The van der Waals surface area contributed by atoms with Crippen molar-refractivity contribution < 1.29 is 24.2 Å². The van der Waals surface area contributed by atoms with E-state index in [1.165, 1.54) is 0 Å². The Hall–Kier alpha value is -2.41. The summed E-state index contributed by atoms with van der Waals surface area (Å²) in [5.41, 5.74) is 7.15. The molecule has 1 atom stereocenters. The largest absolute Gasteiger partial charge is 0.481 e. The number of rotatable bonds is 11. The molecule has 0 saturated carbocycles. The van der Waals surface area contributed by atoms with Crippen molar-refractivity contribution in [3.8, 4) is 5.75 Å². The van der Waals surface area contributed by atoms with E-state index in [0.29, 0.717) is 5.75 Å². The van der Waals surface area contributed by atoms with Crippen LogP contribution >= 0.6 is 0 Å². The number of carboxylic acid groups (broad SMARTS) is 1. The maximum absolute atomic E-state index is 12.7. The molecule has 0 spiro atoms. The summed E-state index contributed by atoms with van der Waals surface area (Å²) in [5, 5.41) is 11.4. The Morgan fingerprint density at radius 2 is 1.63 bits per heavy atom. The van der Waals surface area contributed by atoms with E-state index in [1.54, 1.807) is 0 Å². The third-order valence-corrected chi connectivity index (χ3v) is 4.91. The van der Waals surface area contributed by atoms with E-state index in [2.05, 4.69) is 33.0 Å². The van der Waals surface area contributed by atoms with Crippen LogP contribution in [0.15, 0.2) is 18.2 Å². The number of benzene rings is 1. The fourth-order valence-electron chi connectivity index (χ4n) is 3.07. The van der Waals surface area contributed by atoms with Gasteiger partial charge in [0.05, 0.1) is 12.5 Å². The van der Waals surface area contributed by atoms with Crippen LogP contribution in [0.5, 0.6) is 5.75 Å². The number of hydrogen-bond acceptors (Lipinski definition) is 5. The second-order valence-electron chi connectivity index (χ2n) is 9.15. The predicted molar refractivity (Wildman–Crippen MR) is 117 cm³/mol. The molecule has 1 amide bonds. The first-order valence-corrected chi connectivity index (χ1v) is 10.4. The first-order valence-electron chi connectivity index (χ1n) is 10.4. The Morgan fingerprint density at radius 1 is 1.10 bits per heavy atom. The third-order valence-electron chi connectivity index (χ3n) is 4.91. The summed E-state index contributed by atoms with van der Waals surface area (Å²) in [7, 11) is 0. The lowest BCUT2D eigenvalue weighted by atomic mass is 9.89. The third kappa shape index (κ3) is 8.14. The number of esters is 1. The van der Waals surface area contributed by atoms with Gasteiger partial charge in [-0.3, -0.25) is 14.4 Å². The van der Waals surface area contributed by atoms with Crippen molar-refractivity contribution in [2.75, 3.05) is 6.54 Å². The van der Waals surface area contributed by atoms with E-state index in [0.717, 1.165) is 11.1 Å². The topological polar surface area (TPSA) is 119 Å². The van der Waals surface area contributed by atoms with Crippen molar-refractivity contribution in [3.63, 3.8) is 0 Å². The Labute approximate surface area is 179 Å². The molecule has 0 unspecified atom stereocenters. The van der Waals surface area contributed by atoms with Crippen molar-refractivity contribution in [2.24, 2.45) is 11.1 Å². The van der Waals surface area contributed by atoms with E-state index < -0.39 is 23.3 Å². The van der Waals surface area contributed by atoms with E-state index in [9.17, 15) is 14.4 Å². The number of carbonyl (C=O) groups excluding carboxylic acids is 2. The van der Waals surface area contributed by atoms with E-state index >= 15 is 0 Å². The van der Waals surface area contributed by atoms with Crippen LogP contribution in [-0.4, -0.2) is 35.5 Å². The molecule has 7 heteroatoms. The quantitative estimate of drug-likeness (QED) is 0.372. The molecule has 0 aliphatic rings. The summed E-state index contributed by atoms with van der Waals surface area (Å²) in [6.45, 7) is 12.2. The fraction of sp³-hybridized carbons (Fsp3) is 0.609. The molecule has 0 aliphatic heterocycles. The number of nitrogens with one attached hydrogen (secondary N) is 1. The van der Waals surface area contributed by atoms with Gasteiger partial charge in [0.1, 0.15) is 5.75 Å². The van der Waals surface area contributed by atoms with Crippen LogP contribution in [0.2, 0.25) is 0 Å². The van der Waals surface area contributed by atoms with Crippen LogP contribution in [0.3, 0.4) is 0 Å². The molecule has 1 aromatic carbocycles. The normalized spacial score (nSPS) is 12.7. The number of nitrogens with two attached hydrogens (primary N) is 1. The highest BCUT2D eigenvalue weighted by molar-refractivity contribution is 5.82. The number of para-hydroxylation sites is 1. The molecule has 30 heavy (non-hydrogen) atoms. The second-order valence-corrected chi connectivity index (χ2v) is 9.15. The SMILES string of the molecule is CC(C)c1cccc(C(C)C)c1OC(=O)CC(C)(C)CNC(=O)[C@@H](N)CCC(=O)O. The highest BCUT2D eigenvalue weighted by Crippen LogP contribution is 2.35. The summed E-state index contributed by atoms with van der Waals surface area (Å²) < 4.78 is 5.81. The molecule has 0 bridgehead atoms. The van der Waals surface area contributed by atoms with Crippen molar-refractivity contribution >= 4 is 17.8 Å². The van der Waals surface area contributed by atoms with Gasteiger partial charge in [0, 0.05) is 13.0 Å². The van der Waals surface area contributed by atoms with E-state index in [-0.39, 0.29) is 43.6 Å². The standard InChI is InChI=1S/C23H36N2O5/c1-14(2)16-8-7-9-17(15(3)4)21(16)30-20(28)12-23(5,6)13-25-22(29)18(24)10-11-19(26)27/h7-9,14-15,18H,10-13,24H2,1-6H3,(H,25,29)(H,26,27)/t18-/m0/s1. The maximum Gasteiger partial charge on any atom is 0.311 e. The Kier molecular flexibility index (Phi) is 9.49. The molecule has 0 radical (unpaired) electrons. The average molecular weight is 421 g/mol. The molecule has 168 valence electrons. The minimum absolute atomic E-state index is 0.0631. The number of aliphatic carboxylic acids is 1. The first-order chi connectivity index (χ1) is 13.8. The zero-order valence-corrected chi connectivity index (χ0v) is 19.0. The van der Waals surface area contributed by atoms with Crippen molar-refractivity contribution in [1.82, 2.24) is 5.32 Å². The van der Waals surface area contributed by atoms with Crippen LogP contribution < -0.4 is 15.8 Å². The van der Waals surface area contributed by atoms with Crippen molar-refractivity contribution in [3.05, 3.63) is 29.3 Å². The van der Waals surface area contributed by atoms with Crippen LogP contribution in [-0.2, 0) is 14.4 Å². The highest BCUT2D eigenvalue weighted by atomic mass is 16.5. The van der Waals surface area contributed by atoms with Crippen LogP contribution in [0.4, 0.5) is 0 Å². The highest BCUT2D eigenvalue weighted by Gasteiger charge is 2.27. The molecule has 0 aromatic heterocycles. The number of carboxylic acids is 1. The van der Waals surface area contributed by atoms with Crippen LogP contribution in [0.25, 0.3) is 0 Å². The lowest BCUT2D eigenvalue weighted by Gasteiger charge is -2.26. The van der Waals surface area contributed by atoms with Crippen molar-refractivity contribution in [1.29, 1.82) is 0 Å². The minimum atomic E-state index is -0.997.